The minimum atomic E-state index is -0.367. The second-order valence-corrected chi connectivity index (χ2v) is 7.48. The van der Waals surface area contributed by atoms with E-state index in [2.05, 4.69) is 25.1 Å². The molecule has 1 unspecified atom stereocenters. The van der Waals surface area contributed by atoms with Crippen LogP contribution in [0.3, 0.4) is 0 Å². The van der Waals surface area contributed by atoms with Crippen LogP contribution in [-0.4, -0.2) is 47.1 Å². The number of thiazole rings is 1. The maximum Gasteiger partial charge on any atom is 0.254 e. The molecule has 1 amide bonds. The number of halogens is 1. The van der Waals surface area contributed by atoms with E-state index in [1.54, 1.807) is 11.1 Å². The first kappa shape index (κ1) is 16.9. The van der Waals surface area contributed by atoms with Crippen molar-refractivity contribution in [3.63, 3.8) is 0 Å². The van der Waals surface area contributed by atoms with Gasteiger partial charge in [-0.05, 0) is 31.2 Å². The number of hydrogen-bond donors (Lipinski definition) is 0. The number of hydrogen-bond acceptors (Lipinski definition) is 7. The van der Waals surface area contributed by atoms with Gasteiger partial charge < -0.3 is 9.47 Å². The van der Waals surface area contributed by atoms with Gasteiger partial charge in [-0.3, -0.25) is 4.79 Å². The van der Waals surface area contributed by atoms with E-state index in [9.17, 15) is 9.18 Å². The van der Waals surface area contributed by atoms with Gasteiger partial charge in [-0.15, -0.1) is 21.5 Å². The van der Waals surface area contributed by atoms with E-state index < -0.39 is 0 Å². The molecule has 5 rings (SSSR count). The second kappa shape index (κ2) is 6.41. The Morgan fingerprint density at radius 3 is 2.82 bits per heavy atom. The lowest BCUT2D eigenvalue weighted by Gasteiger charge is -2.33. The highest BCUT2D eigenvalue weighted by molar-refractivity contribution is 7.21. The van der Waals surface area contributed by atoms with Gasteiger partial charge in [-0.2, -0.15) is 0 Å². The smallest absolute Gasteiger partial charge is 0.254 e. The maximum atomic E-state index is 13.1. The number of rotatable bonds is 2. The molecular weight excluding hydrogens is 381 g/mol. The van der Waals surface area contributed by atoms with Gasteiger partial charge in [-0.1, -0.05) is 0 Å². The third-order valence-corrected chi connectivity index (χ3v) is 5.78. The number of nitrogens with zero attached hydrogens (tertiary/aromatic N) is 7. The van der Waals surface area contributed by atoms with E-state index >= 15 is 0 Å². The highest BCUT2D eigenvalue weighted by Gasteiger charge is 2.32. The zero-order chi connectivity index (χ0) is 19.3. The lowest BCUT2D eigenvalue weighted by molar-refractivity contribution is 0.0638. The minimum Gasteiger partial charge on any atom is -0.327 e. The van der Waals surface area contributed by atoms with Crippen LogP contribution in [0.5, 0.6) is 0 Å². The summed E-state index contributed by atoms with van der Waals surface area (Å²) >= 11 is 1.46. The summed E-state index contributed by atoms with van der Waals surface area (Å²) in [4.78, 5) is 27.3. The molecule has 0 bridgehead atoms. The lowest BCUT2D eigenvalue weighted by Crippen LogP contribution is -2.41. The van der Waals surface area contributed by atoms with Gasteiger partial charge in [0.25, 0.3) is 5.91 Å². The highest BCUT2D eigenvalue weighted by atomic mass is 32.1. The largest absolute Gasteiger partial charge is 0.327 e. The minimum absolute atomic E-state index is 0.154. The van der Waals surface area contributed by atoms with Crippen LogP contribution in [-0.2, 0) is 6.54 Å². The Bertz CT molecular complexity index is 1150. The summed E-state index contributed by atoms with van der Waals surface area (Å²) in [6.45, 7) is 2.96. The Hall–Kier alpha value is -3.27. The van der Waals surface area contributed by atoms with Crippen molar-refractivity contribution in [3.8, 4) is 10.8 Å². The van der Waals surface area contributed by atoms with Gasteiger partial charge in [0.15, 0.2) is 22.3 Å². The molecule has 1 aliphatic heterocycles. The SMILES string of the molecule is CC1c2nnc(-c3nc4ncncc4s3)n2CCN1C(=O)c1ccc(F)cc1. The third kappa shape index (κ3) is 2.64. The van der Waals surface area contributed by atoms with Crippen molar-refractivity contribution >= 4 is 27.6 Å². The van der Waals surface area contributed by atoms with Crippen LogP contribution in [0.1, 0.15) is 29.1 Å². The molecule has 4 aromatic rings. The fraction of sp³-hybridized carbons (Fsp3) is 0.222. The first-order valence-electron chi connectivity index (χ1n) is 8.68. The molecule has 140 valence electrons. The van der Waals surface area contributed by atoms with Crippen molar-refractivity contribution in [2.75, 3.05) is 6.54 Å². The Morgan fingerprint density at radius 2 is 2.04 bits per heavy atom. The molecule has 8 nitrogen and oxygen atoms in total. The molecule has 1 aromatic carbocycles. The van der Waals surface area contributed by atoms with Crippen LogP contribution >= 0.6 is 11.3 Å². The van der Waals surface area contributed by atoms with Gasteiger partial charge in [0, 0.05) is 24.8 Å². The maximum absolute atomic E-state index is 13.1. The van der Waals surface area contributed by atoms with Gasteiger partial charge in [-0.25, -0.2) is 19.3 Å². The third-order valence-electron chi connectivity index (χ3n) is 4.80. The molecule has 0 spiro atoms. The van der Waals surface area contributed by atoms with Crippen LogP contribution < -0.4 is 0 Å². The standard InChI is InChI=1S/C18H14FN7OS/c1-10-15-23-24-16(17-22-14-13(28-17)8-20-9-21-14)26(15)7-6-25(10)18(27)11-2-4-12(19)5-3-11/h2-5,8-10H,6-7H2,1H3. The zero-order valence-corrected chi connectivity index (χ0v) is 15.6. The van der Waals surface area contributed by atoms with Crippen LogP contribution in [0.4, 0.5) is 4.39 Å². The van der Waals surface area contributed by atoms with Crippen LogP contribution in [0.2, 0.25) is 0 Å². The Labute approximate surface area is 162 Å². The lowest BCUT2D eigenvalue weighted by atomic mass is 10.1. The topological polar surface area (TPSA) is 89.7 Å². The fourth-order valence-electron chi connectivity index (χ4n) is 3.36. The van der Waals surface area contributed by atoms with E-state index in [0.717, 1.165) is 9.71 Å². The Morgan fingerprint density at radius 1 is 1.21 bits per heavy atom. The Kier molecular flexibility index (Phi) is 3.86. The number of aromatic nitrogens is 6. The summed E-state index contributed by atoms with van der Waals surface area (Å²) < 4.78 is 16.0. The number of carbonyl (C=O) groups is 1. The van der Waals surface area contributed by atoms with Crippen LogP contribution in [0, 0.1) is 5.82 Å². The molecule has 0 N–H and O–H groups in total. The quantitative estimate of drug-likeness (QED) is 0.518. The summed E-state index contributed by atoms with van der Waals surface area (Å²) in [5, 5.41) is 9.35. The first-order chi connectivity index (χ1) is 13.6. The second-order valence-electron chi connectivity index (χ2n) is 6.44. The predicted octanol–water partition coefficient (Wildman–Crippen LogP) is 2.70. The van der Waals surface area contributed by atoms with Crippen LogP contribution in [0.15, 0.2) is 36.8 Å². The Balaban J connectivity index is 1.47. The number of benzene rings is 1. The summed E-state index contributed by atoms with van der Waals surface area (Å²) in [6, 6.07) is 5.31. The van der Waals surface area contributed by atoms with Crippen molar-refractivity contribution in [2.45, 2.75) is 19.5 Å². The summed E-state index contributed by atoms with van der Waals surface area (Å²) in [5.41, 5.74) is 1.08. The molecule has 4 heterocycles. The average molecular weight is 395 g/mol. The van der Waals surface area contributed by atoms with Crippen molar-refractivity contribution in [1.29, 1.82) is 0 Å². The molecular formula is C18H14FN7OS. The van der Waals surface area contributed by atoms with E-state index in [4.69, 9.17) is 0 Å². The van der Waals surface area contributed by atoms with Crippen molar-refractivity contribution in [3.05, 3.63) is 54.0 Å². The van der Waals surface area contributed by atoms with E-state index in [1.165, 1.54) is 41.9 Å². The number of fused-ring (bicyclic) bond motifs is 2. The van der Waals surface area contributed by atoms with Crippen molar-refractivity contribution in [1.82, 2.24) is 34.6 Å². The summed E-state index contributed by atoms with van der Waals surface area (Å²) in [6.07, 6.45) is 3.19. The molecule has 0 fully saturated rings. The van der Waals surface area contributed by atoms with Crippen molar-refractivity contribution in [2.24, 2.45) is 0 Å². The predicted molar refractivity (Wildman–Crippen MR) is 100 cm³/mol. The van der Waals surface area contributed by atoms with Crippen LogP contribution in [0.25, 0.3) is 21.2 Å². The fourth-order valence-corrected chi connectivity index (χ4v) is 4.25. The van der Waals surface area contributed by atoms with Gasteiger partial charge in [0.1, 0.15) is 12.1 Å². The molecule has 1 atom stereocenters. The molecule has 0 saturated carbocycles. The average Bonchev–Trinajstić information content (AvgIpc) is 3.32. The molecule has 0 saturated heterocycles. The molecule has 3 aromatic heterocycles. The molecule has 28 heavy (non-hydrogen) atoms. The first-order valence-corrected chi connectivity index (χ1v) is 9.50. The van der Waals surface area contributed by atoms with Crippen molar-refractivity contribution < 1.29 is 9.18 Å². The van der Waals surface area contributed by atoms with E-state index in [0.29, 0.717) is 35.9 Å². The van der Waals surface area contributed by atoms with Gasteiger partial charge >= 0.3 is 0 Å². The molecule has 1 aliphatic rings. The number of carbonyl (C=O) groups excluding carboxylic acids is 1. The summed E-state index contributed by atoms with van der Waals surface area (Å²) in [7, 11) is 0. The van der Waals surface area contributed by atoms with E-state index in [1.807, 2.05) is 11.5 Å². The normalized spacial score (nSPS) is 16.4. The molecule has 0 aliphatic carbocycles. The van der Waals surface area contributed by atoms with Gasteiger partial charge in [0.2, 0.25) is 0 Å². The van der Waals surface area contributed by atoms with E-state index in [-0.39, 0.29) is 17.8 Å². The van der Waals surface area contributed by atoms with Gasteiger partial charge in [0.05, 0.1) is 10.7 Å². The zero-order valence-electron chi connectivity index (χ0n) is 14.8. The molecule has 10 heteroatoms. The monoisotopic (exact) mass is 395 g/mol. The molecule has 0 radical (unpaired) electrons. The number of amides is 1. The highest BCUT2D eigenvalue weighted by Crippen LogP contribution is 2.32. The summed E-state index contributed by atoms with van der Waals surface area (Å²) in [5.74, 6) is 0.840.